The van der Waals surface area contributed by atoms with Crippen molar-refractivity contribution in [1.29, 1.82) is 0 Å². The summed E-state index contributed by atoms with van der Waals surface area (Å²) >= 11 is 9.94. The van der Waals surface area contributed by atoms with Gasteiger partial charge in [0.25, 0.3) is 5.91 Å². The monoisotopic (exact) mass is 423 g/mol. The fourth-order valence-corrected chi connectivity index (χ4v) is 4.06. The molecule has 122 valence electrons. The molecule has 2 aromatic rings. The number of hydrogen-bond donors (Lipinski definition) is 0. The van der Waals surface area contributed by atoms with Gasteiger partial charge in [-0.15, -0.1) is 0 Å². The number of amides is 1. The molecule has 3 rings (SSSR count). The molecule has 24 heavy (non-hydrogen) atoms. The fourth-order valence-electron chi connectivity index (χ4n) is 2.20. The Kier molecular flexibility index (Phi) is 5.03. The van der Waals surface area contributed by atoms with Crippen LogP contribution in [-0.4, -0.2) is 17.3 Å². The predicted octanol–water partition coefficient (Wildman–Crippen LogP) is 5.00. The number of anilines is 1. The number of hydrogen-bond acceptors (Lipinski definition) is 4. The maximum absolute atomic E-state index is 13.1. The van der Waals surface area contributed by atoms with E-state index in [1.54, 1.807) is 13.2 Å². The van der Waals surface area contributed by atoms with Crippen LogP contribution >= 0.6 is 39.9 Å². The molecule has 1 aliphatic rings. The van der Waals surface area contributed by atoms with E-state index in [9.17, 15) is 9.18 Å². The number of rotatable bonds is 3. The first-order chi connectivity index (χ1) is 11.5. The van der Waals surface area contributed by atoms with Crippen molar-refractivity contribution < 1.29 is 13.9 Å². The molecular formula is C17H11BrFNO2S2. The van der Waals surface area contributed by atoms with Crippen molar-refractivity contribution in [3.63, 3.8) is 0 Å². The highest BCUT2D eigenvalue weighted by Crippen LogP contribution is 2.36. The molecule has 1 aliphatic heterocycles. The van der Waals surface area contributed by atoms with Gasteiger partial charge in [-0.2, -0.15) is 0 Å². The standard InChI is InChI=1S/C17H11BrFNO2S2/c1-22-14-7-2-10(8-13(14)18)9-15-16(21)20(17(23)24-15)12-5-3-11(19)4-6-12/h2-9H,1H3. The van der Waals surface area contributed by atoms with Crippen LogP contribution in [-0.2, 0) is 4.79 Å². The van der Waals surface area contributed by atoms with Gasteiger partial charge < -0.3 is 4.74 Å². The van der Waals surface area contributed by atoms with Crippen LogP contribution in [0.4, 0.5) is 10.1 Å². The molecular weight excluding hydrogens is 413 g/mol. The van der Waals surface area contributed by atoms with Crippen molar-refractivity contribution in [1.82, 2.24) is 0 Å². The summed E-state index contributed by atoms with van der Waals surface area (Å²) in [4.78, 5) is 14.6. The van der Waals surface area contributed by atoms with Gasteiger partial charge in [-0.3, -0.25) is 9.69 Å². The lowest BCUT2D eigenvalue weighted by molar-refractivity contribution is -0.113. The molecule has 0 N–H and O–H groups in total. The molecule has 0 aromatic heterocycles. The van der Waals surface area contributed by atoms with Crippen LogP contribution in [0, 0.1) is 5.82 Å². The molecule has 0 bridgehead atoms. The Morgan fingerprint density at radius 1 is 1.25 bits per heavy atom. The first-order valence-electron chi connectivity index (χ1n) is 6.86. The van der Waals surface area contributed by atoms with E-state index < -0.39 is 0 Å². The van der Waals surface area contributed by atoms with E-state index in [0.717, 1.165) is 10.0 Å². The van der Waals surface area contributed by atoms with E-state index in [0.29, 0.717) is 20.7 Å². The molecule has 0 atom stereocenters. The number of benzene rings is 2. The Morgan fingerprint density at radius 2 is 1.96 bits per heavy atom. The molecule has 0 radical (unpaired) electrons. The summed E-state index contributed by atoms with van der Waals surface area (Å²) < 4.78 is 19.5. The lowest BCUT2D eigenvalue weighted by Gasteiger charge is -2.14. The van der Waals surface area contributed by atoms with Gasteiger partial charge in [0.1, 0.15) is 11.6 Å². The van der Waals surface area contributed by atoms with Crippen LogP contribution in [0.15, 0.2) is 51.8 Å². The summed E-state index contributed by atoms with van der Waals surface area (Å²) in [7, 11) is 1.59. The van der Waals surface area contributed by atoms with Gasteiger partial charge in [-0.05, 0) is 64.0 Å². The molecule has 1 amide bonds. The summed E-state index contributed by atoms with van der Waals surface area (Å²) in [5, 5.41) is 0. The van der Waals surface area contributed by atoms with E-state index in [1.165, 1.54) is 40.9 Å². The van der Waals surface area contributed by atoms with Gasteiger partial charge >= 0.3 is 0 Å². The van der Waals surface area contributed by atoms with Gasteiger partial charge in [0.15, 0.2) is 4.32 Å². The van der Waals surface area contributed by atoms with Crippen LogP contribution < -0.4 is 9.64 Å². The fraction of sp³-hybridized carbons (Fsp3) is 0.0588. The maximum atomic E-state index is 13.1. The van der Waals surface area contributed by atoms with Crippen molar-refractivity contribution in [2.24, 2.45) is 0 Å². The van der Waals surface area contributed by atoms with Crippen molar-refractivity contribution in [3.8, 4) is 5.75 Å². The smallest absolute Gasteiger partial charge is 0.270 e. The van der Waals surface area contributed by atoms with Crippen LogP contribution in [0.2, 0.25) is 0 Å². The lowest BCUT2D eigenvalue weighted by atomic mass is 10.2. The Bertz CT molecular complexity index is 852. The summed E-state index contributed by atoms with van der Waals surface area (Å²) in [5.41, 5.74) is 1.40. The first kappa shape index (κ1) is 17.1. The molecule has 1 fully saturated rings. The van der Waals surface area contributed by atoms with Crippen LogP contribution in [0.25, 0.3) is 6.08 Å². The quantitative estimate of drug-likeness (QED) is 0.512. The third-order valence-corrected chi connectivity index (χ3v) is 5.27. The normalized spacial score (nSPS) is 16.1. The summed E-state index contributed by atoms with van der Waals surface area (Å²) in [6, 6.07) is 11.2. The minimum atomic E-state index is -0.359. The second-order valence-electron chi connectivity index (χ2n) is 4.89. The van der Waals surface area contributed by atoms with Gasteiger partial charge in [0.2, 0.25) is 0 Å². The predicted molar refractivity (Wildman–Crippen MR) is 103 cm³/mol. The number of carbonyl (C=O) groups excluding carboxylic acids is 1. The molecule has 0 saturated carbocycles. The highest BCUT2D eigenvalue weighted by molar-refractivity contribution is 9.10. The van der Waals surface area contributed by atoms with Crippen molar-refractivity contribution in [3.05, 3.63) is 63.2 Å². The number of carbonyl (C=O) groups is 1. The Labute approximate surface area is 156 Å². The molecule has 0 unspecified atom stereocenters. The van der Waals surface area contributed by atoms with E-state index in [-0.39, 0.29) is 11.7 Å². The SMILES string of the molecule is COc1ccc(C=C2SC(=S)N(c3ccc(F)cc3)C2=O)cc1Br. The highest BCUT2D eigenvalue weighted by Gasteiger charge is 2.33. The van der Waals surface area contributed by atoms with Crippen molar-refractivity contribution >= 4 is 61.9 Å². The third-order valence-electron chi connectivity index (χ3n) is 3.35. The van der Waals surface area contributed by atoms with E-state index >= 15 is 0 Å². The minimum Gasteiger partial charge on any atom is -0.496 e. The molecule has 7 heteroatoms. The minimum absolute atomic E-state index is 0.219. The van der Waals surface area contributed by atoms with E-state index in [4.69, 9.17) is 17.0 Å². The van der Waals surface area contributed by atoms with Crippen LogP contribution in [0.3, 0.4) is 0 Å². The molecule has 0 spiro atoms. The Morgan fingerprint density at radius 3 is 2.58 bits per heavy atom. The van der Waals surface area contributed by atoms with Crippen molar-refractivity contribution in [2.45, 2.75) is 0 Å². The second-order valence-corrected chi connectivity index (χ2v) is 7.42. The number of ether oxygens (including phenoxy) is 1. The lowest BCUT2D eigenvalue weighted by Crippen LogP contribution is -2.27. The number of thiocarbonyl (C=S) groups is 1. The Balaban J connectivity index is 1.90. The van der Waals surface area contributed by atoms with Gasteiger partial charge in [0, 0.05) is 0 Å². The zero-order chi connectivity index (χ0) is 17.3. The summed E-state index contributed by atoms with van der Waals surface area (Å²) in [6.07, 6.45) is 1.77. The van der Waals surface area contributed by atoms with Crippen molar-refractivity contribution in [2.75, 3.05) is 12.0 Å². The molecule has 1 saturated heterocycles. The summed E-state index contributed by atoms with van der Waals surface area (Å²) in [6.45, 7) is 0. The number of halogens is 2. The molecule has 2 aromatic carbocycles. The third kappa shape index (κ3) is 3.38. The second kappa shape index (κ2) is 7.04. The maximum Gasteiger partial charge on any atom is 0.270 e. The highest BCUT2D eigenvalue weighted by atomic mass is 79.9. The zero-order valence-corrected chi connectivity index (χ0v) is 15.7. The average Bonchev–Trinajstić information content (AvgIpc) is 2.83. The number of methoxy groups -OCH3 is 1. The Hall–Kier alpha value is -1.70. The largest absolute Gasteiger partial charge is 0.496 e. The van der Waals surface area contributed by atoms with E-state index in [2.05, 4.69) is 15.9 Å². The molecule has 3 nitrogen and oxygen atoms in total. The zero-order valence-electron chi connectivity index (χ0n) is 12.5. The summed E-state index contributed by atoms with van der Waals surface area (Å²) in [5.74, 6) is 0.136. The molecule has 1 heterocycles. The first-order valence-corrected chi connectivity index (χ1v) is 8.88. The van der Waals surface area contributed by atoms with E-state index in [1.807, 2.05) is 18.2 Å². The van der Waals surface area contributed by atoms with Gasteiger partial charge in [-0.1, -0.05) is 30.0 Å². The topological polar surface area (TPSA) is 29.5 Å². The van der Waals surface area contributed by atoms with Gasteiger partial charge in [-0.25, -0.2) is 4.39 Å². The average molecular weight is 424 g/mol. The van der Waals surface area contributed by atoms with Crippen LogP contribution in [0.5, 0.6) is 5.75 Å². The number of thioether (sulfide) groups is 1. The van der Waals surface area contributed by atoms with Gasteiger partial charge in [0.05, 0.1) is 22.2 Å². The van der Waals surface area contributed by atoms with Crippen LogP contribution in [0.1, 0.15) is 5.56 Å². The number of nitrogens with zero attached hydrogens (tertiary/aromatic N) is 1. The molecule has 0 aliphatic carbocycles.